The number of hydrogen-bond donors (Lipinski definition) is 2. The van der Waals surface area contributed by atoms with Gasteiger partial charge in [-0.25, -0.2) is 9.97 Å². The molecular formula is C21H21N5O2. The molecule has 28 heavy (non-hydrogen) atoms. The van der Waals surface area contributed by atoms with Gasteiger partial charge in [-0.3, -0.25) is 9.59 Å². The van der Waals surface area contributed by atoms with E-state index >= 15 is 0 Å². The Labute approximate surface area is 161 Å². The van der Waals surface area contributed by atoms with Crippen molar-refractivity contribution in [3.8, 4) is 0 Å². The summed E-state index contributed by atoms with van der Waals surface area (Å²) in [6.07, 6.45) is 7.14. The molecule has 1 atom stereocenters. The van der Waals surface area contributed by atoms with Gasteiger partial charge in [0.15, 0.2) is 0 Å². The number of nitrogen functional groups attached to an aromatic ring is 1. The number of nitrogens with two attached hydrogens (primary N) is 1. The molecule has 1 amide bonds. The highest BCUT2D eigenvalue weighted by molar-refractivity contribution is 6.06. The molecule has 1 spiro atoms. The number of anilines is 1. The Bertz CT molecular complexity index is 1150. The fourth-order valence-corrected chi connectivity index (χ4v) is 4.81. The Morgan fingerprint density at radius 1 is 1.21 bits per heavy atom. The van der Waals surface area contributed by atoms with Crippen molar-refractivity contribution in [1.29, 1.82) is 0 Å². The number of amides is 1. The number of carbonyl (C=O) groups is 1. The Morgan fingerprint density at radius 2 is 2.04 bits per heavy atom. The summed E-state index contributed by atoms with van der Waals surface area (Å²) in [4.78, 5) is 38.8. The molecule has 0 bridgehead atoms. The van der Waals surface area contributed by atoms with Crippen LogP contribution in [0.15, 0.2) is 41.5 Å². The van der Waals surface area contributed by atoms with Gasteiger partial charge < -0.3 is 15.6 Å². The molecule has 3 N–H and O–H groups in total. The standard InChI is InChI=1S/C21H21N5O2/c22-20-24-10-13-6-8-21(17(13)25-20)7-3-9-26(12-21)19(28)16-11-23-18(27)15-5-2-1-4-14(15)16/h1-2,4-5,10-11H,3,6-9,12H2,(H,23,27)(H2,22,24,25). The van der Waals surface area contributed by atoms with Gasteiger partial charge in [0.05, 0.1) is 11.3 Å². The Balaban J connectivity index is 1.52. The Kier molecular flexibility index (Phi) is 3.72. The quantitative estimate of drug-likeness (QED) is 0.677. The molecule has 2 aliphatic rings. The molecule has 7 heteroatoms. The van der Waals surface area contributed by atoms with E-state index in [1.807, 2.05) is 23.2 Å². The van der Waals surface area contributed by atoms with Crippen LogP contribution in [0.2, 0.25) is 0 Å². The first-order valence-electron chi connectivity index (χ1n) is 9.59. The van der Waals surface area contributed by atoms with Crippen molar-refractivity contribution in [2.45, 2.75) is 31.1 Å². The summed E-state index contributed by atoms with van der Waals surface area (Å²) in [5.41, 5.74) is 8.19. The Hall–Kier alpha value is -3.22. The van der Waals surface area contributed by atoms with Gasteiger partial charge in [0.25, 0.3) is 11.5 Å². The average Bonchev–Trinajstić information content (AvgIpc) is 3.05. The SMILES string of the molecule is Nc1ncc2c(n1)C1(CCCN(C(=O)c3c[nH]c(=O)c4ccccc34)C1)CC2. The largest absolute Gasteiger partial charge is 0.368 e. The molecular weight excluding hydrogens is 354 g/mol. The van der Waals surface area contributed by atoms with Crippen molar-refractivity contribution in [3.05, 3.63) is 63.8 Å². The van der Waals surface area contributed by atoms with Gasteiger partial charge in [0, 0.05) is 41.7 Å². The third-order valence-corrected chi connectivity index (χ3v) is 6.16. The first kappa shape index (κ1) is 16.9. The second-order valence-electron chi connectivity index (χ2n) is 7.79. The molecule has 0 radical (unpaired) electrons. The molecule has 1 unspecified atom stereocenters. The number of fused-ring (bicyclic) bond motifs is 3. The summed E-state index contributed by atoms with van der Waals surface area (Å²) < 4.78 is 0. The van der Waals surface area contributed by atoms with Crippen LogP contribution in [0.4, 0.5) is 5.95 Å². The second-order valence-corrected chi connectivity index (χ2v) is 7.79. The van der Waals surface area contributed by atoms with E-state index < -0.39 is 0 Å². The number of nitrogens with one attached hydrogen (secondary N) is 1. The molecule has 3 heterocycles. The van der Waals surface area contributed by atoms with Gasteiger partial charge in [-0.05, 0) is 37.3 Å². The predicted molar refractivity (Wildman–Crippen MR) is 106 cm³/mol. The van der Waals surface area contributed by atoms with Crippen molar-refractivity contribution >= 4 is 22.6 Å². The van der Waals surface area contributed by atoms with Crippen LogP contribution in [0.25, 0.3) is 10.8 Å². The van der Waals surface area contributed by atoms with Gasteiger partial charge >= 0.3 is 0 Å². The summed E-state index contributed by atoms with van der Waals surface area (Å²) in [5, 5.41) is 1.22. The van der Waals surface area contributed by atoms with Crippen molar-refractivity contribution < 1.29 is 4.79 Å². The van der Waals surface area contributed by atoms with Crippen LogP contribution >= 0.6 is 0 Å². The van der Waals surface area contributed by atoms with Crippen molar-refractivity contribution in [2.75, 3.05) is 18.8 Å². The van der Waals surface area contributed by atoms with E-state index in [9.17, 15) is 9.59 Å². The molecule has 1 aromatic carbocycles. The number of aromatic amines is 1. The van der Waals surface area contributed by atoms with E-state index in [-0.39, 0.29) is 22.8 Å². The summed E-state index contributed by atoms with van der Waals surface area (Å²) >= 11 is 0. The zero-order valence-electron chi connectivity index (χ0n) is 15.4. The van der Waals surface area contributed by atoms with Gasteiger partial charge in [0.1, 0.15) is 0 Å². The van der Waals surface area contributed by atoms with E-state index in [1.54, 1.807) is 12.1 Å². The minimum absolute atomic E-state index is 0.0537. The topological polar surface area (TPSA) is 105 Å². The lowest BCUT2D eigenvalue weighted by atomic mass is 9.77. The normalized spacial score (nSPS) is 21.2. The summed E-state index contributed by atoms with van der Waals surface area (Å²) in [5.74, 6) is 0.233. The monoisotopic (exact) mass is 375 g/mol. The van der Waals surface area contributed by atoms with Gasteiger partial charge in [-0.2, -0.15) is 0 Å². The van der Waals surface area contributed by atoms with Crippen molar-refractivity contribution in [1.82, 2.24) is 19.9 Å². The molecule has 0 saturated carbocycles. The van der Waals surface area contributed by atoms with E-state index in [0.29, 0.717) is 29.4 Å². The smallest absolute Gasteiger partial charge is 0.255 e. The average molecular weight is 375 g/mol. The first-order valence-corrected chi connectivity index (χ1v) is 9.59. The number of benzene rings is 1. The number of aromatic nitrogens is 3. The molecule has 1 aliphatic carbocycles. The number of aryl methyl sites for hydroxylation is 1. The number of carbonyl (C=O) groups excluding carboxylic acids is 1. The van der Waals surface area contributed by atoms with Crippen LogP contribution in [-0.2, 0) is 11.8 Å². The number of piperidine rings is 1. The van der Waals surface area contributed by atoms with E-state index in [2.05, 4.69) is 15.0 Å². The third-order valence-electron chi connectivity index (χ3n) is 6.16. The minimum Gasteiger partial charge on any atom is -0.368 e. The predicted octanol–water partition coefficient (Wildman–Crippen LogP) is 2.02. The van der Waals surface area contributed by atoms with Crippen LogP contribution < -0.4 is 11.3 Å². The molecule has 3 aromatic rings. The molecule has 5 rings (SSSR count). The fourth-order valence-electron chi connectivity index (χ4n) is 4.81. The van der Waals surface area contributed by atoms with Crippen LogP contribution in [0.3, 0.4) is 0 Å². The number of nitrogens with zero attached hydrogens (tertiary/aromatic N) is 3. The van der Waals surface area contributed by atoms with Gasteiger partial charge in [-0.15, -0.1) is 0 Å². The highest BCUT2D eigenvalue weighted by Gasteiger charge is 2.45. The molecule has 1 aliphatic heterocycles. The zero-order valence-corrected chi connectivity index (χ0v) is 15.4. The van der Waals surface area contributed by atoms with Gasteiger partial charge in [-0.1, -0.05) is 18.2 Å². The summed E-state index contributed by atoms with van der Waals surface area (Å²) in [6, 6.07) is 7.23. The maximum atomic E-state index is 13.4. The lowest BCUT2D eigenvalue weighted by Crippen LogP contribution is -2.48. The van der Waals surface area contributed by atoms with E-state index in [0.717, 1.165) is 36.9 Å². The van der Waals surface area contributed by atoms with E-state index in [1.165, 1.54) is 6.20 Å². The van der Waals surface area contributed by atoms with Crippen molar-refractivity contribution in [2.24, 2.45) is 0 Å². The number of pyridine rings is 1. The Morgan fingerprint density at radius 3 is 2.89 bits per heavy atom. The van der Waals surface area contributed by atoms with E-state index in [4.69, 9.17) is 5.73 Å². The lowest BCUT2D eigenvalue weighted by molar-refractivity contribution is 0.0635. The highest BCUT2D eigenvalue weighted by Crippen LogP contribution is 2.44. The molecule has 7 nitrogen and oxygen atoms in total. The van der Waals surface area contributed by atoms with Gasteiger partial charge in [0.2, 0.25) is 5.95 Å². The maximum Gasteiger partial charge on any atom is 0.255 e. The molecule has 1 fully saturated rings. The van der Waals surface area contributed by atoms with Crippen LogP contribution in [-0.4, -0.2) is 38.8 Å². The third kappa shape index (κ3) is 2.50. The zero-order chi connectivity index (χ0) is 19.3. The number of H-pyrrole nitrogens is 1. The van der Waals surface area contributed by atoms with Crippen LogP contribution in [0.1, 0.15) is 40.9 Å². The molecule has 142 valence electrons. The first-order chi connectivity index (χ1) is 13.6. The van der Waals surface area contributed by atoms with Crippen molar-refractivity contribution in [3.63, 3.8) is 0 Å². The summed E-state index contributed by atoms with van der Waals surface area (Å²) in [7, 11) is 0. The lowest BCUT2D eigenvalue weighted by Gasteiger charge is -2.40. The maximum absolute atomic E-state index is 13.4. The van der Waals surface area contributed by atoms with Crippen LogP contribution in [0.5, 0.6) is 0 Å². The molecule has 2 aromatic heterocycles. The number of likely N-dealkylation sites (tertiary alicyclic amines) is 1. The number of rotatable bonds is 1. The number of hydrogen-bond acceptors (Lipinski definition) is 5. The minimum atomic E-state index is -0.181. The molecule has 1 saturated heterocycles. The fraction of sp³-hybridized carbons (Fsp3) is 0.333. The van der Waals surface area contributed by atoms with Crippen LogP contribution in [0, 0.1) is 0 Å². The highest BCUT2D eigenvalue weighted by atomic mass is 16.2. The second kappa shape index (κ2) is 6.15. The summed E-state index contributed by atoms with van der Waals surface area (Å²) in [6.45, 7) is 1.31.